The van der Waals surface area contributed by atoms with E-state index in [9.17, 15) is 13.6 Å². The lowest BCUT2D eigenvalue weighted by Crippen LogP contribution is -2.39. The van der Waals surface area contributed by atoms with Gasteiger partial charge in [-0.15, -0.1) is 0 Å². The number of ether oxygens (including phenoxy) is 2. The Hall–Kier alpha value is -3.04. The molecule has 0 aromatic heterocycles. The summed E-state index contributed by atoms with van der Waals surface area (Å²) in [7, 11) is 1.54. The van der Waals surface area contributed by atoms with Crippen molar-refractivity contribution in [3.63, 3.8) is 0 Å². The Morgan fingerprint density at radius 1 is 1.17 bits per heavy atom. The van der Waals surface area contributed by atoms with Gasteiger partial charge in [-0.05, 0) is 30.3 Å². The van der Waals surface area contributed by atoms with Gasteiger partial charge in [0.05, 0.1) is 32.6 Å². The summed E-state index contributed by atoms with van der Waals surface area (Å²) < 4.78 is 37.3. The van der Waals surface area contributed by atoms with E-state index in [1.165, 1.54) is 13.2 Å². The highest BCUT2D eigenvalue weighted by molar-refractivity contribution is 6.10. The van der Waals surface area contributed by atoms with Crippen LogP contribution in [-0.2, 0) is 4.74 Å². The first kappa shape index (κ1) is 21.7. The van der Waals surface area contributed by atoms with Crippen LogP contribution in [0.3, 0.4) is 0 Å². The Labute approximate surface area is 173 Å². The van der Waals surface area contributed by atoms with Gasteiger partial charge in [0, 0.05) is 25.2 Å². The molecule has 3 rings (SSSR count). The maximum Gasteiger partial charge on any atom is 0.258 e. The Kier molecular flexibility index (Phi) is 7.69. The first-order valence-electron chi connectivity index (χ1n) is 9.58. The van der Waals surface area contributed by atoms with Gasteiger partial charge in [0.25, 0.3) is 5.91 Å². The van der Waals surface area contributed by atoms with Crippen LogP contribution in [0.25, 0.3) is 0 Å². The highest BCUT2D eigenvalue weighted by Crippen LogP contribution is 2.22. The topological polar surface area (TPSA) is 75.2 Å². The minimum absolute atomic E-state index is 0.0170. The highest BCUT2D eigenvalue weighted by Gasteiger charge is 2.14. The number of halogens is 2. The summed E-state index contributed by atoms with van der Waals surface area (Å²) in [6.07, 6.45) is 0. The lowest BCUT2D eigenvalue weighted by Gasteiger charge is -2.25. The molecule has 0 saturated carbocycles. The van der Waals surface area contributed by atoms with Crippen molar-refractivity contribution in [2.45, 2.75) is 0 Å². The van der Waals surface area contributed by atoms with Crippen LogP contribution in [0, 0.1) is 11.6 Å². The van der Waals surface area contributed by atoms with Gasteiger partial charge < -0.3 is 14.8 Å². The number of guanidine groups is 1. The van der Waals surface area contributed by atoms with Crippen molar-refractivity contribution in [3.05, 3.63) is 59.7 Å². The molecule has 2 aromatic carbocycles. The van der Waals surface area contributed by atoms with E-state index < -0.39 is 17.5 Å². The molecule has 1 aliphatic heterocycles. The smallest absolute Gasteiger partial charge is 0.258 e. The first-order chi connectivity index (χ1) is 14.6. The lowest BCUT2D eigenvalue weighted by atomic mass is 10.2. The number of aliphatic imine (C=N–C) groups is 1. The van der Waals surface area contributed by atoms with E-state index in [0.29, 0.717) is 37.7 Å². The Morgan fingerprint density at radius 2 is 1.93 bits per heavy atom. The molecule has 1 amide bonds. The highest BCUT2D eigenvalue weighted by atomic mass is 19.2. The zero-order valence-corrected chi connectivity index (χ0v) is 16.7. The Bertz CT molecular complexity index is 902. The Morgan fingerprint density at radius 3 is 2.67 bits per heavy atom. The molecule has 7 nitrogen and oxygen atoms in total. The number of anilines is 1. The molecule has 1 fully saturated rings. The van der Waals surface area contributed by atoms with E-state index in [0.717, 1.165) is 25.2 Å². The maximum absolute atomic E-state index is 13.5. The second kappa shape index (κ2) is 10.7. The van der Waals surface area contributed by atoms with Crippen molar-refractivity contribution in [2.24, 2.45) is 4.99 Å². The normalized spacial score (nSPS) is 15.0. The van der Waals surface area contributed by atoms with Gasteiger partial charge in [-0.3, -0.25) is 20.0 Å². The zero-order valence-electron chi connectivity index (χ0n) is 16.7. The van der Waals surface area contributed by atoms with Gasteiger partial charge in [0.2, 0.25) is 5.96 Å². The van der Waals surface area contributed by atoms with E-state index in [1.807, 2.05) is 12.1 Å². The molecule has 0 atom stereocenters. The zero-order chi connectivity index (χ0) is 21.3. The van der Waals surface area contributed by atoms with Crippen LogP contribution in [0.5, 0.6) is 5.75 Å². The number of benzene rings is 2. The average Bonchev–Trinajstić information content (AvgIpc) is 2.76. The fourth-order valence-corrected chi connectivity index (χ4v) is 2.93. The quantitative estimate of drug-likeness (QED) is 0.557. The number of amides is 1. The van der Waals surface area contributed by atoms with Gasteiger partial charge >= 0.3 is 0 Å². The second-order valence-electron chi connectivity index (χ2n) is 6.59. The average molecular weight is 418 g/mol. The summed E-state index contributed by atoms with van der Waals surface area (Å²) in [6.45, 7) is 4.14. The van der Waals surface area contributed by atoms with Crippen LogP contribution < -0.4 is 15.4 Å². The lowest BCUT2D eigenvalue weighted by molar-refractivity contribution is 0.0394. The molecule has 0 bridgehead atoms. The molecule has 9 heteroatoms. The standard InChI is InChI=1S/C21H24F2N4O3/c1-29-19-5-3-2-4-18(19)25-21(24-8-9-27-10-12-30-13-11-27)26-20(28)15-6-7-16(22)17(23)14-15/h2-7,14H,8-13H2,1H3,(H2,24,25,26,28). The number of morpholine rings is 1. The number of hydrogen-bond acceptors (Lipinski definition) is 5. The van der Waals surface area contributed by atoms with Crippen LogP contribution in [0.15, 0.2) is 47.5 Å². The minimum atomic E-state index is -1.09. The summed E-state index contributed by atoms with van der Waals surface area (Å²) in [4.78, 5) is 19.2. The van der Waals surface area contributed by atoms with Gasteiger partial charge in [-0.1, -0.05) is 12.1 Å². The van der Waals surface area contributed by atoms with Gasteiger partial charge in [0.1, 0.15) is 5.75 Å². The number of nitrogens with one attached hydrogen (secondary N) is 2. The molecule has 0 radical (unpaired) electrons. The minimum Gasteiger partial charge on any atom is -0.495 e. The van der Waals surface area contributed by atoms with Crippen LogP contribution >= 0.6 is 0 Å². The third-order valence-electron chi connectivity index (χ3n) is 4.56. The molecule has 30 heavy (non-hydrogen) atoms. The van der Waals surface area contributed by atoms with Gasteiger partial charge in [-0.2, -0.15) is 0 Å². The summed E-state index contributed by atoms with van der Waals surface area (Å²) in [5.41, 5.74) is 0.590. The second-order valence-corrected chi connectivity index (χ2v) is 6.59. The molecule has 2 N–H and O–H groups in total. The monoisotopic (exact) mass is 418 g/mol. The number of carbonyl (C=O) groups excluding carboxylic acids is 1. The van der Waals surface area contributed by atoms with Crippen LogP contribution in [-0.4, -0.2) is 63.3 Å². The number of carbonyl (C=O) groups is 1. The number of rotatable bonds is 6. The Balaban J connectivity index is 1.74. The van der Waals surface area contributed by atoms with E-state index >= 15 is 0 Å². The van der Waals surface area contributed by atoms with E-state index in [-0.39, 0.29) is 11.5 Å². The van der Waals surface area contributed by atoms with Crippen molar-refractivity contribution in [2.75, 3.05) is 51.8 Å². The molecule has 0 spiro atoms. The van der Waals surface area contributed by atoms with Crippen molar-refractivity contribution in [1.82, 2.24) is 10.2 Å². The third kappa shape index (κ3) is 5.98. The van der Waals surface area contributed by atoms with Gasteiger partial charge in [0.15, 0.2) is 11.6 Å². The van der Waals surface area contributed by atoms with Crippen molar-refractivity contribution >= 4 is 17.6 Å². The number of methoxy groups -OCH3 is 1. The molecule has 0 aliphatic carbocycles. The van der Waals surface area contributed by atoms with Crippen LogP contribution in [0.1, 0.15) is 10.4 Å². The fraction of sp³-hybridized carbons (Fsp3) is 0.333. The number of hydrogen-bond donors (Lipinski definition) is 2. The number of para-hydroxylation sites is 2. The molecule has 1 saturated heterocycles. The van der Waals surface area contributed by atoms with Crippen molar-refractivity contribution < 1.29 is 23.0 Å². The largest absolute Gasteiger partial charge is 0.495 e. The molecule has 2 aromatic rings. The van der Waals surface area contributed by atoms with E-state index in [2.05, 4.69) is 20.5 Å². The predicted molar refractivity (Wildman–Crippen MR) is 110 cm³/mol. The van der Waals surface area contributed by atoms with E-state index in [4.69, 9.17) is 9.47 Å². The molecule has 1 aliphatic rings. The fourth-order valence-electron chi connectivity index (χ4n) is 2.93. The molecule has 0 unspecified atom stereocenters. The molecule has 1 heterocycles. The number of nitrogens with zero attached hydrogens (tertiary/aromatic N) is 2. The third-order valence-corrected chi connectivity index (χ3v) is 4.56. The first-order valence-corrected chi connectivity index (χ1v) is 9.58. The summed E-state index contributed by atoms with van der Waals surface area (Å²) in [5.74, 6) is -1.96. The molecular weight excluding hydrogens is 394 g/mol. The van der Waals surface area contributed by atoms with Crippen molar-refractivity contribution in [3.8, 4) is 5.75 Å². The van der Waals surface area contributed by atoms with E-state index in [1.54, 1.807) is 12.1 Å². The summed E-state index contributed by atoms with van der Waals surface area (Å²) >= 11 is 0. The summed E-state index contributed by atoms with van der Waals surface area (Å²) in [5, 5.41) is 5.67. The summed E-state index contributed by atoms with van der Waals surface area (Å²) in [6, 6.07) is 10.1. The van der Waals surface area contributed by atoms with Crippen molar-refractivity contribution in [1.29, 1.82) is 0 Å². The maximum atomic E-state index is 13.5. The van der Waals surface area contributed by atoms with Gasteiger partial charge in [-0.25, -0.2) is 8.78 Å². The van der Waals surface area contributed by atoms with Crippen LogP contribution in [0.4, 0.5) is 14.5 Å². The molecular formula is C21H24F2N4O3. The van der Waals surface area contributed by atoms with Crippen LogP contribution in [0.2, 0.25) is 0 Å². The predicted octanol–water partition coefficient (Wildman–Crippen LogP) is 2.50. The SMILES string of the molecule is COc1ccccc1NC(=NCCN1CCOCC1)NC(=O)c1ccc(F)c(F)c1. The molecule has 160 valence electrons.